The number of nitrogens with one attached hydrogen (secondary N) is 2. The molecule has 3 heterocycles. The Balaban J connectivity index is 1.40. The highest BCUT2D eigenvalue weighted by atomic mass is 35.5. The molecule has 34 heavy (non-hydrogen) atoms. The maximum atomic E-state index is 14.9. The molecule has 2 aromatic heterocycles. The van der Waals surface area contributed by atoms with E-state index < -0.39 is 20.7 Å². The van der Waals surface area contributed by atoms with E-state index in [1.807, 2.05) is 18.3 Å². The zero-order chi connectivity index (χ0) is 23.9. The number of sulfonamides is 1. The van der Waals surface area contributed by atoms with Gasteiger partial charge in [-0.05, 0) is 52.9 Å². The van der Waals surface area contributed by atoms with Crippen molar-refractivity contribution in [1.29, 1.82) is 0 Å². The molecule has 4 aromatic rings. The van der Waals surface area contributed by atoms with Crippen LogP contribution in [0.15, 0.2) is 47.9 Å². The van der Waals surface area contributed by atoms with Crippen LogP contribution < -0.4 is 4.72 Å². The molecule has 0 saturated heterocycles. The van der Waals surface area contributed by atoms with E-state index in [1.165, 1.54) is 12.4 Å². The predicted molar refractivity (Wildman–Crippen MR) is 129 cm³/mol. The number of halogens is 3. The van der Waals surface area contributed by atoms with E-state index in [0.717, 1.165) is 52.8 Å². The Morgan fingerprint density at radius 2 is 2.09 bits per heavy atom. The minimum absolute atomic E-state index is 0.0418. The highest BCUT2D eigenvalue weighted by Gasteiger charge is 2.25. The first kappa shape index (κ1) is 23.2. The van der Waals surface area contributed by atoms with Gasteiger partial charge in [0.15, 0.2) is 0 Å². The van der Waals surface area contributed by atoms with Crippen LogP contribution in [0.5, 0.6) is 0 Å². The largest absolute Gasteiger partial charge is 0.294 e. The van der Waals surface area contributed by atoms with Gasteiger partial charge in [0.2, 0.25) is 5.13 Å². The van der Waals surface area contributed by atoms with Crippen LogP contribution in [0.3, 0.4) is 0 Å². The van der Waals surface area contributed by atoms with E-state index >= 15 is 0 Å². The third-order valence-corrected chi connectivity index (χ3v) is 8.20. The molecule has 0 atom stereocenters. The molecule has 0 radical (unpaired) electrons. The number of anilines is 1. The summed E-state index contributed by atoms with van der Waals surface area (Å²) in [5.74, 6) is -0.889. The van der Waals surface area contributed by atoms with E-state index in [9.17, 15) is 12.8 Å². The lowest BCUT2D eigenvalue weighted by Gasteiger charge is -2.31. The van der Waals surface area contributed by atoms with Gasteiger partial charge in [-0.2, -0.15) is 9.47 Å². The highest BCUT2D eigenvalue weighted by molar-refractivity contribution is 7.93. The standard InChI is InChI=1S/C21H17Cl2FN6O2S2/c22-15-3-12-1-2-30(10-17(12)16(5-15)14-7-26-27-8-14)9-13-4-19(24)20(6-18(13)23)34(31,32)29-21-25-11-28-33-21/h3-8,11H,1-2,9-10H2,(H,26,27)(H,25,28,29). The summed E-state index contributed by atoms with van der Waals surface area (Å²) >= 11 is 13.6. The van der Waals surface area contributed by atoms with Crippen LogP contribution >= 0.6 is 34.7 Å². The summed E-state index contributed by atoms with van der Waals surface area (Å²) in [4.78, 5) is 5.35. The zero-order valence-electron chi connectivity index (χ0n) is 17.4. The molecule has 1 aliphatic heterocycles. The molecular formula is C21H17Cl2FN6O2S2. The smallest absolute Gasteiger partial charge is 0.266 e. The fraction of sp³-hybridized carbons (Fsp3) is 0.190. The van der Waals surface area contributed by atoms with Crippen LogP contribution in [0.2, 0.25) is 10.0 Å². The molecule has 0 spiro atoms. The lowest BCUT2D eigenvalue weighted by molar-refractivity contribution is 0.245. The minimum atomic E-state index is -4.20. The van der Waals surface area contributed by atoms with Crippen molar-refractivity contribution in [2.45, 2.75) is 24.4 Å². The van der Waals surface area contributed by atoms with Gasteiger partial charge in [-0.1, -0.05) is 23.2 Å². The number of rotatable bonds is 6. The summed E-state index contributed by atoms with van der Waals surface area (Å²) in [5.41, 5.74) is 4.69. The van der Waals surface area contributed by atoms with Gasteiger partial charge in [0, 0.05) is 53.0 Å². The van der Waals surface area contributed by atoms with Crippen molar-refractivity contribution in [1.82, 2.24) is 24.5 Å². The molecule has 2 N–H and O–H groups in total. The Kier molecular flexibility index (Phi) is 6.30. The lowest BCUT2D eigenvalue weighted by Crippen LogP contribution is -2.30. The van der Waals surface area contributed by atoms with Gasteiger partial charge in [-0.3, -0.25) is 14.7 Å². The van der Waals surface area contributed by atoms with Crippen molar-refractivity contribution in [3.8, 4) is 11.1 Å². The Morgan fingerprint density at radius 3 is 2.82 bits per heavy atom. The molecule has 176 valence electrons. The Bertz CT molecular complexity index is 1450. The van der Waals surface area contributed by atoms with Crippen molar-refractivity contribution < 1.29 is 12.8 Å². The van der Waals surface area contributed by atoms with E-state index in [4.69, 9.17) is 23.2 Å². The number of H-pyrrole nitrogens is 1. The van der Waals surface area contributed by atoms with Crippen molar-refractivity contribution in [2.75, 3.05) is 11.3 Å². The van der Waals surface area contributed by atoms with Gasteiger partial charge in [-0.25, -0.2) is 17.8 Å². The third-order valence-electron chi connectivity index (χ3n) is 5.56. The molecule has 5 rings (SSSR count). The van der Waals surface area contributed by atoms with Crippen LogP contribution in [0.1, 0.15) is 16.7 Å². The highest BCUT2D eigenvalue weighted by Crippen LogP contribution is 2.34. The van der Waals surface area contributed by atoms with Crippen LogP contribution in [0, 0.1) is 5.82 Å². The van der Waals surface area contributed by atoms with Crippen molar-refractivity contribution in [3.05, 3.63) is 75.5 Å². The number of hydrogen-bond acceptors (Lipinski definition) is 7. The van der Waals surface area contributed by atoms with Crippen LogP contribution in [0.4, 0.5) is 9.52 Å². The second kappa shape index (κ2) is 9.23. The average Bonchev–Trinajstić information content (AvgIpc) is 3.50. The molecule has 0 amide bonds. The first-order valence-corrected chi connectivity index (χ1v) is 13.1. The van der Waals surface area contributed by atoms with Gasteiger partial charge < -0.3 is 0 Å². The van der Waals surface area contributed by atoms with Crippen molar-refractivity contribution in [3.63, 3.8) is 0 Å². The quantitative estimate of drug-likeness (QED) is 0.367. The van der Waals surface area contributed by atoms with Crippen molar-refractivity contribution in [2.24, 2.45) is 0 Å². The summed E-state index contributed by atoms with van der Waals surface area (Å²) in [5, 5.41) is 7.72. The van der Waals surface area contributed by atoms with E-state index in [1.54, 1.807) is 6.20 Å². The molecule has 13 heteroatoms. The van der Waals surface area contributed by atoms with Gasteiger partial charge in [-0.15, -0.1) is 0 Å². The molecule has 0 unspecified atom stereocenters. The second-order valence-electron chi connectivity index (χ2n) is 7.76. The van der Waals surface area contributed by atoms with Gasteiger partial charge in [0.1, 0.15) is 17.0 Å². The van der Waals surface area contributed by atoms with Crippen LogP contribution in [-0.4, -0.2) is 39.4 Å². The van der Waals surface area contributed by atoms with Crippen LogP contribution in [-0.2, 0) is 29.5 Å². The summed E-state index contributed by atoms with van der Waals surface area (Å²) in [6, 6.07) is 6.18. The summed E-state index contributed by atoms with van der Waals surface area (Å²) in [6.07, 6.45) is 5.52. The number of aromatic amines is 1. The average molecular weight is 539 g/mol. The predicted octanol–water partition coefficient (Wildman–Crippen LogP) is 4.73. The van der Waals surface area contributed by atoms with Gasteiger partial charge in [0.25, 0.3) is 10.0 Å². The van der Waals surface area contributed by atoms with E-state index in [-0.39, 0.29) is 10.2 Å². The fourth-order valence-corrected chi connectivity index (χ4v) is 6.28. The normalized spacial score (nSPS) is 14.2. The van der Waals surface area contributed by atoms with Gasteiger partial charge in [0.05, 0.1) is 6.20 Å². The Morgan fingerprint density at radius 1 is 1.24 bits per heavy atom. The molecule has 0 saturated carbocycles. The van der Waals surface area contributed by atoms with E-state index in [0.29, 0.717) is 23.7 Å². The topological polar surface area (TPSA) is 104 Å². The number of nitrogens with zero attached hydrogens (tertiary/aromatic N) is 4. The molecular weight excluding hydrogens is 522 g/mol. The molecule has 0 fully saturated rings. The Labute approximate surface area is 209 Å². The first-order valence-electron chi connectivity index (χ1n) is 10.1. The van der Waals surface area contributed by atoms with Crippen molar-refractivity contribution >= 4 is 49.9 Å². The first-order chi connectivity index (χ1) is 16.3. The van der Waals surface area contributed by atoms with Crippen LogP contribution in [0.25, 0.3) is 11.1 Å². The fourth-order valence-electron chi connectivity index (χ4n) is 4.00. The number of benzene rings is 2. The summed E-state index contributed by atoms with van der Waals surface area (Å²) in [6.45, 7) is 1.67. The summed E-state index contributed by atoms with van der Waals surface area (Å²) < 4.78 is 46.0. The number of fused-ring (bicyclic) bond motifs is 1. The number of hydrogen-bond donors (Lipinski definition) is 2. The SMILES string of the molecule is O=S(=O)(Nc1ncns1)c1cc(Cl)c(CN2CCc3cc(Cl)cc(-c4cn[nH]c4)c3C2)cc1F. The molecule has 2 aromatic carbocycles. The second-order valence-corrected chi connectivity index (χ2v) is 11.0. The number of aromatic nitrogens is 4. The van der Waals surface area contributed by atoms with E-state index in [2.05, 4.69) is 29.2 Å². The summed E-state index contributed by atoms with van der Waals surface area (Å²) in [7, 11) is -4.20. The Hall–Kier alpha value is -2.57. The maximum Gasteiger partial charge on any atom is 0.266 e. The monoisotopic (exact) mass is 538 g/mol. The van der Waals surface area contributed by atoms with Gasteiger partial charge >= 0.3 is 0 Å². The molecule has 8 nitrogen and oxygen atoms in total. The molecule has 0 bridgehead atoms. The third kappa shape index (κ3) is 4.66. The molecule has 1 aliphatic rings. The maximum absolute atomic E-state index is 14.9. The lowest BCUT2D eigenvalue weighted by atomic mass is 9.92. The molecule has 0 aliphatic carbocycles. The zero-order valence-corrected chi connectivity index (χ0v) is 20.6. The minimum Gasteiger partial charge on any atom is -0.294 e.